The van der Waals surface area contributed by atoms with Gasteiger partial charge in [-0.15, -0.1) is 0 Å². The third kappa shape index (κ3) is 2.91. The van der Waals surface area contributed by atoms with Crippen molar-refractivity contribution < 1.29 is 0 Å². The van der Waals surface area contributed by atoms with E-state index >= 15 is 0 Å². The van der Waals surface area contributed by atoms with Gasteiger partial charge in [0.2, 0.25) is 0 Å². The van der Waals surface area contributed by atoms with Crippen LogP contribution in [0.5, 0.6) is 0 Å². The topological polar surface area (TPSA) is 57.4 Å². The molecule has 4 heteroatoms. The molecule has 0 aromatic carbocycles. The van der Waals surface area contributed by atoms with Crippen LogP contribution < -0.4 is 0 Å². The van der Waals surface area contributed by atoms with Crippen molar-refractivity contribution in [3.63, 3.8) is 0 Å². The van der Waals surface area contributed by atoms with Gasteiger partial charge < -0.3 is 9.97 Å². The van der Waals surface area contributed by atoms with Crippen molar-refractivity contribution in [3.05, 3.63) is 69.3 Å². The first-order valence-electron chi connectivity index (χ1n) is 10.4. The van der Waals surface area contributed by atoms with Crippen LogP contribution >= 0.6 is 0 Å². The van der Waals surface area contributed by atoms with E-state index in [1.54, 1.807) is 0 Å². The molecule has 2 aliphatic heterocycles. The van der Waals surface area contributed by atoms with Crippen molar-refractivity contribution in [1.29, 1.82) is 0 Å². The van der Waals surface area contributed by atoms with Crippen LogP contribution in [0.3, 0.4) is 0 Å². The van der Waals surface area contributed by atoms with Crippen LogP contribution in [0, 0.1) is 27.7 Å². The van der Waals surface area contributed by atoms with E-state index in [1.807, 2.05) is 0 Å². The zero-order valence-electron chi connectivity index (χ0n) is 18.4. The molecule has 4 nitrogen and oxygen atoms in total. The summed E-state index contributed by atoms with van der Waals surface area (Å²) in [5.41, 5.74) is 15.5. The number of rotatable bonds is 0. The third-order valence-electron chi connectivity index (χ3n) is 6.10. The summed E-state index contributed by atoms with van der Waals surface area (Å²) in [6.07, 6.45) is 4.31. The first-order valence-corrected chi connectivity index (χ1v) is 10.4. The Bertz CT molecular complexity index is 1330. The predicted molar refractivity (Wildman–Crippen MR) is 127 cm³/mol. The standard InChI is InChI=1S/C26H26N4/c1-13-7-19-11-20-9-15(3)25(29-20)18(6)26-16(4)10-22(30-26)12-21-8-14(2)24(28-21)17(5)23(13)27-19/h7-12,27,30H,1-6H3. The fourth-order valence-corrected chi connectivity index (χ4v) is 4.65. The van der Waals surface area contributed by atoms with Crippen molar-refractivity contribution in [2.75, 3.05) is 0 Å². The van der Waals surface area contributed by atoms with Gasteiger partial charge >= 0.3 is 0 Å². The van der Waals surface area contributed by atoms with Crippen LogP contribution in [0.4, 0.5) is 0 Å². The summed E-state index contributed by atoms with van der Waals surface area (Å²) >= 11 is 0. The first kappa shape index (κ1) is 18.6. The lowest BCUT2D eigenvalue weighted by atomic mass is 10.1. The maximum absolute atomic E-state index is 4.94. The maximum Gasteiger partial charge on any atom is 0.0716 e. The number of aryl methyl sites for hydroxylation is 4. The Kier molecular flexibility index (Phi) is 4.07. The number of nitrogens with zero attached hydrogens (tertiary/aromatic N) is 2. The molecule has 0 unspecified atom stereocenters. The van der Waals surface area contributed by atoms with Gasteiger partial charge in [-0.1, -0.05) is 0 Å². The number of aromatic nitrogens is 4. The van der Waals surface area contributed by atoms with E-state index in [4.69, 9.17) is 9.97 Å². The van der Waals surface area contributed by atoms with E-state index in [9.17, 15) is 0 Å². The molecule has 0 atom stereocenters. The molecule has 30 heavy (non-hydrogen) atoms. The lowest BCUT2D eigenvalue weighted by molar-refractivity contribution is 1.24. The van der Waals surface area contributed by atoms with Gasteiger partial charge in [0.15, 0.2) is 0 Å². The summed E-state index contributed by atoms with van der Waals surface area (Å²) in [4.78, 5) is 17.0. The fraction of sp³-hybridized carbons (Fsp3) is 0.231. The van der Waals surface area contributed by atoms with Crippen LogP contribution in [-0.2, 0) is 0 Å². The minimum Gasteiger partial charge on any atom is -0.355 e. The van der Waals surface area contributed by atoms with E-state index in [0.29, 0.717) is 0 Å². The number of nitrogens with one attached hydrogen (secondary N) is 2. The first-order chi connectivity index (χ1) is 14.3. The Balaban J connectivity index is 1.97. The van der Waals surface area contributed by atoms with Gasteiger partial charge in [-0.05, 0) is 111 Å². The van der Waals surface area contributed by atoms with Gasteiger partial charge in [-0.2, -0.15) is 0 Å². The monoisotopic (exact) mass is 394 g/mol. The quantitative estimate of drug-likeness (QED) is 0.447. The summed E-state index contributed by atoms with van der Waals surface area (Å²) in [5.74, 6) is 0. The molecule has 8 bridgehead atoms. The predicted octanol–water partition coefficient (Wildman–Crippen LogP) is 6.67. The molecule has 5 heterocycles. The Hall–Kier alpha value is -3.40. The molecule has 5 rings (SSSR count). The lowest BCUT2D eigenvalue weighted by Crippen LogP contribution is -1.86. The zero-order chi connectivity index (χ0) is 21.2. The highest BCUT2D eigenvalue weighted by molar-refractivity contribution is 5.88. The Morgan fingerprint density at radius 1 is 0.567 bits per heavy atom. The van der Waals surface area contributed by atoms with E-state index in [0.717, 1.165) is 56.0 Å². The molecule has 0 saturated carbocycles. The van der Waals surface area contributed by atoms with Crippen LogP contribution in [0.15, 0.2) is 24.3 Å². The smallest absolute Gasteiger partial charge is 0.0716 e. The van der Waals surface area contributed by atoms with E-state index in [1.165, 1.54) is 22.3 Å². The molecule has 0 aliphatic carbocycles. The molecule has 2 N–H and O–H groups in total. The summed E-state index contributed by atoms with van der Waals surface area (Å²) in [6, 6.07) is 8.61. The minimum atomic E-state index is 0.972. The highest BCUT2D eigenvalue weighted by Crippen LogP contribution is 2.29. The third-order valence-corrected chi connectivity index (χ3v) is 6.10. The molecule has 3 aromatic heterocycles. The van der Waals surface area contributed by atoms with Crippen LogP contribution in [0.2, 0.25) is 0 Å². The van der Waals surface area contributed by atoms with Gasteiger partial charge in [0.1, 0.15) is 0 Å². The second-order valence-electron chi connectivity index (χ2n) is 8.53. The van der Waals surface area contributed by atoms with Gasteiger partial charge in [0, 0.05) is 22.1 Å². The highest BCUT2D eigenvalue weighted by Gasteiger charge is 2.14. The van der Waals surface area contributed by atoms with Gasteiger partial charge in [0.25, 0.3) is 0 Å². The summed E-state index contributed by atoms with van der Waals surface area (Å²) in [6.45, 7) is 12.8. The number of aromatic amines is 2. The SMILES string of the molecule is CC1=Cc2cc3cc(C)c([nH]3)c(C)c3nc(cc4cc(C)c([nH]4)c(C)c1n2)C=C3C. The molecule has 0 radical (unpaired) electrons. The van der Waals surface area contributed by atoms with Crippen LogP contribution in [-0.4, -0.2) is 19.9 Å². The lowest BCUT2D eigenvalue weighted by Gasteiger charge is -1.99. The summed E-state index contributed by atoms with van der Waals surface area (Å²) in [5, 5.41) is 0. The Morgan fingerprint density at radius 2 is 0.967 bits per heavy atom. The second kappa shape index (κ2) is 6.56. The molecule has 0 saturated heterocycles. The molecule has 0 spiro atoms. The molecule has 150 valence electrons. The maximum atomic E-state index is 4.94. The average molecular weight is 395 g/mol. The average Bonchev–Trinajstić information content (AvgIpc) is 3.41. The largest absolute Gasteiger partial charge is 0.355 e. The normalized spacial score (nSPS) is 13.4. The molecule has 0 amide bonds. The highest BCUT2D eigenvalue weighted by atomic mass is 14.8. The van der Waals surface area contributed by atoms with Crippen molar-refractivity contribution in [1.82, 2.24) is 19.9 Å². The van der Waals surface area contributed by atoms with Gasteiger partial charge in [-0.3, -0.25) is 0 Å². The number of H-pyrrole nitrogens is 2. The van der Waals surface area contributed by atoms with E-state index < -0.39 is 0 Å². The number of hydrogen-bond acceptors (Lipinski definition) is 2. The second-order valence-corrected chi connectivity index (χ2v) is 8.53. The molecule has 2 aliphatic rings. The van der Waals surface area contributed by atoms with Gasteiger partial charge in [0.05, 0.1) is 22.8 Å². The zero-order valence-corrected chi connectivity index (χ0v) is 18.4. The number of allylic oxidation sites excluding steroid dienone is 2. The molecular formula is C26H26N4. The van der Waals surface area contributed by atoms with Crippen molar-refractivity contribution in [3.8, 4) is 0 Å². The Labute approximate surface area is 176 Å². The van der Waals surface area contributed by atoms with Crippen molar-refractivity contribution >= 4 is 45.4 Å². The molecule has 3 aromatic rings. The van der Waals surface area contributed by atoms with E-state index in [2.05, 4.69) is 87.9 Å². The number of hydrogen-bond donors (Lipinski definition) is 2. The number of fused-ring (bicyclic) bond motifs is 8. The minimum absolute atomic E-state index is 0.972. The van der Waals surface area contributed by atoms with E-state index in [-0.39, 0.29) is 0 Å². The van der Waals surface area contributed by atoms with Crippen LogP contribution in [0.25, 0.3) is 45.4 Å². The fourth-order valence-electron chi connectivity index (χ4n) is 4.65. The summed E-state index contributed by atoms with van der Waals surface area (Å²) in [7, 11) is 0. The van der Waals surface area contributed by atoms with Crippen LogP contribution in [0.1, 0.15) is 58.9 Å². The van der Waals surface area contributed by atoms with Crippen molar-refractivity contribution in [2.45, 2.75) is 41.5 Å². The van der Waals surface area contributed by atoms with Crippen molar-refractivity contribution in [2.24, 2.45) is 0 Å². The van der Waals surface area contributed by atoms with Gasteiger partial charge in [-0.25, -0.2) is 9.97 Å². The molecule has 0 fully saturated rings. The molecular weight excluding hydrogens is 368 g/mol. The summed E-state index contributed by atoms with van der Waals surface area (Å²) < 4.78 is 0. The Morgan fingerprint density at radius 3 is 1.37 bits per heavy atom.